The fourth-order valence-electron chi connectivity index (χ4n) is 1.87. The molecule has 0 spiro atoms. The molecule has 0 aromatic carbocycles. The Morgan fingerprint density at radius 1 is 1.64 bits per heavy atom. The maximum atomic E-state index is 10.6. The van der Waals surface area contributed by atoms with E-state index in [9.17, 15) is 10.1 Å². The van der Waals surface area contributed by atoms with Crippen LogP contribution in [0.5, 0.6) is 0 Å². The van der Waals surface area contributed by atoms with Crippen molar-refractivity contribution in [2.45, 2.75) is 18.5 Å². The summed E-state index contributed by atoms with van der Waals surface area (Å²) in [7, 11) is 0. The summed E-state index contributed by atoms with van der Waals surface area (Å²) < 4.78 is 7.02. The second-order valence-corrected chi connectivity index (χ2v) is 5.40. The van der Waals surface area contributed by atoms with Crippen molar-refractivity contribution in [1.82, 2.24) is 14.5 Å². The predicted molar refractivity (Wildman–Crippen MR) is 83.0 cm³/mol. The molecule has 2 aromatic heterocycles. The average Bonchev–Trinajstić information content (AvgIpc) is 2.83. The SMILES string of the molecule is CCOC(Br)n1c(Cc2ccc(Cl)nc2)c[nH]c1=N[N+](=O)[O-]. The zero-order chi connectivity index (χ0) is 16.1. The summed E-state index contributed by atoms with van der Waals surface area (Å²) in [5.74, 6) is 0. The fraction of sp³-hybridized carbons (Fsp3) is 0.333. The van der Waals surface area contributed by atoms with E-state index in [4.69, 9.17) is 16.3 Å². The fourth-order valence-corrected chi connectivity index (χ4v) is 2.71. The van der Waals surface area contributed by atoms with Crippen LogP contribution in [0, 0.1) is 10.1 Å². The molecule has 0 aliphatic heterocycles. The van der Waals surface area contributed by atoms with Gasteiger partial charge < -0.3 is 9.72 Å². The summed E-state index contributed by atoms with van der Waals surface area (Å²) in [4.78, 5) is 17.4. The Balaban J connectivity index is 2.40. The number of ether oxygens (including phenoxy) is 1. The number of imidazole rings is 1. The first-order valence-corrected chi connectivity index (χ1v) is 7.64. The van der Waals surface area contributed by atoms with Gasteiger partial charge in [0, 0.05) is 31.1 Å². The number of H-pyrrole nitrogens is 1. The van der Waals surface area contributed by atoms with E-state index in [0.29, 0.717) is 18.2 Å². The minimum atomic E-state index is -0.762. The van der Waals surface area contributed by atoms with Gasteiger partial charge in [-0.25, -0.2) is 15.1 Å². The lowest BCUT2D eigenvalue weighted by Crippen LogP contribution is -2.25. The molecule has 10 heteroatoms. The minimum Gasteiger partial charge on any atom is -0.348 e. The average molecular weight is 391 g/mol. The van der Waals surface area contributed by atoms with Gasteiger partial charge in [-0.15, -0.1) is 0 Å². The highest BCUT2D eigenvalue weighted by atomic mass is 79.9. The highest BCUT2D eigenvalue weighted by molar-refractivity contribution is 9.09. The molecule has 0 amide bonds. The highest BCUT2D eigenvalue weighted by Gasteiger charge is 2.16. The maximum absolute atomic E-state index is 10.6. The van der Waals surface area contributed by atoms with Gasteiger partial charge in [-0.1, -0.05) is 17.7 Å². The molecule has 0 fully saturated rings. The van der Waals surface area contributed by atoms with Gasteiger partial charge in [0.1, 0.15) is 10.3 Å². The van der Waals surface area contributed by atoms with Crippen molar-refractivity contribution in [1.29, 1.82) is 0 Å². The number of pyridine rings is 1. The second-order valence-electron chi connectivity index (χ2n) is 4.22. The van der Waals surface area contributed by atoms with Crippen LogP contribution in [-0.4, -0.2) is 26.2 Å². The van der Waals surface area contributed by atoms with Crippen LogP contribution >= 0.6 is 27.5 Å². The first-order valence-electron chi connectivity index (χ1n) is 6.35. The number of rotatable bonds is 6. The topological polar surface area (TPSA) is 98.3 Å². The molecule has 0 saturated carbocycles. The normalized spacial score (nSPS) is 13.3. The summed E-state index contributed by atoms with van der Waals surface area (Å²) in [5.41, 5.74) is 1.73. The van der Waals surface area contributed by atoms with Gasteiger partial charge in [-0.3, -0.25) is 4.57 Å². The van der Waals surface area contributed by atoms with Crippen LogP contribution < -0.4 is 5.62 Å². The van der Waals surface area contributed by atoms with Crippen molar-refractivity contribution in [2.24, 2.45) is 5.10 Å². The Labute approximate surface area is 139 Å². The molecule has 2 aromatic rings. The standard InChI is InChI=1S/C12H13BrClN5O3/c1-2-22-11(13)18-9(7-16-12(18)17-19(20)21)5-8-3-4-10(14)15-6-8/h3-4,6-7,11H,2,5H2,1H3,(H,16,17). The molecule has 1 unspecified atom stereocenters. The third-order valence-corrected chi connectivity index (χ3v) is 3.66. The van der Waals surface area contributed by atoms with Crippen molar-refractivity contribution in [3.8, 4) is 0 Å². The zero-order valence-electron chi connectivity index (χ0n) is 11.6. The monoisotopic (exact) mass is 389 g/mol. The Bertz CT molecular complexity index is 712. The van der Waals surface area contributed by atoms with Crippen LogP contribution in [0.2, 0.25) is 5.15 Å². The molecule has 0 radical (unpaired) electrons. The van der Waals surface area contributed by atoms with E-state index in [0.717, 1.165) is 11.3 Å². The van der Waals surface area contributed by atoms with Crippen LogP contribution in [0.4, 0.5) is 0 Å². The van der Waals surface area contributed by atoms with E-state index in [-0.39, 0.29) is 5.62 Å². The lowest BCUT2D eigenvalue weighted by molar-refractivity contribution is -0.491. The molecular weight excluding hydrogens is 378 g/mol. The van der Waals surface area contributed by atoms with E-state index in [2.05, 4.69) is 31.0 Å². The number of hydrogen-bond donors (Lipinski definition) is 1. The van der Waals surface area contributed by atoms with Gasteiger partial charge in [0.25, 0.3) is 5.62 Å². The number of nitrogens with zero attached hydrogens (tertiary/aromatic N) is 4. The van der Waals surface area contributed by atoms with E-state index < -0.39 is 10.2 Å². The molecule has 118 valence electrons. The second kappa shape index (κ2) is 7.52. The molecule has 1 atom stereocenters. The molecule has 2 heterocycles. The largest absolute Gasteiger partial charge is 0.348 e. The van der Waals surface area contributed by atoms with Crippen molar-refractivity contribution >= 4 is 27.5 Å². The number of halogens is 2. The Morgan fingerprint density at radius 3 is 3.00 bits per heavy atom. The van der Waals surface area contributed by atoms with Crippen LogP contribution in [0.1, 0.15) is 23.3 Å². The summed E-state index contributed by atoms with van der Waals surface area (Å²) >= 11 is 9.10. The quantitative estimate of drug-likeness (QED) is 0.354. The van der Waals surface area contributed by atoms with Crippen molar-refractivity contribution < 1.29 is 9.77 Å². The van der Waals surface area contributed by atoms with Crippen molar-refractivity contribution in [3.05, 3.63) is 56.7 Å². The number of nitro groups is 1. The highest BCUT2D eigenvalue weighted by Crippen LogP contribution is 2.19. The summed E-state index contributed by atoms with van der Waals surface area (Å²) in [5, 5.41) is 13.0. The van der Waals surface area contributed by atoms with Gasteiger partial charge >= 0.3 is 0 Å². The molecular formula is C12H13BrClN5O3. The molecule has 0 bridgehead atoms. The van der Waals surface area contributed by atoms with E-state index in [1.807, 2.05) is 13.0 Å². The summed E-state index contributed by atoms with van der Waals surface area (Å²) in [6, 6.07) is 3.52. The number of hydrogen-bond acceptors (Lipinski definition) is 4. The molecule has 2 rings (SSSR count). The Kier molecular flexibility index (Phi) is 5.69. The number of alkyl halides is 1. The summed E-state index contributed by atoms with van der Waals surface area (Å²) in [6.07, 6.45) is 3.78. The predicted octanol–water partition coefficient (Wildman–Crippen LogP) is 2.44. The Hall–Kier alpha value is -1.71. The van der Waals surface area contributed by atoms with Crippen molar-refractivity contribution in [2.75, 3.05) is 6.61 Å². The van der Waals surface area contributed by atoms with Gasteiger partial charge in [-0.05, 0) is 34.5 Å². The van der Waals surface area contributed by atoms with Crippen LogP contribution in [0.15, 0.2) is 29.6 Å². The Morgan fingerprint density at radius 2 is 2.41 bits per heavy atom. The van der Waals surface area contributed by atoms with E-state index in [1.165, 1.54) is 0 Å². The molecule has 0 aliphatic carbocycles. The van der Waals surface area contributed by atoms with Gasteiger partial charge in [0.2, 0.25) is 0 Å². The van der Waals surface area contributed by atoms with Gasteiger partial charge in [0.05, 0.1) is 0 Å². The van der Waals surface area contributed by atoms with Gasteiger partial charge in [0.15, 0.2) is 10.2 Å². The lowest BCUT2D eigenvalue weighted by Gasteiger charge is -2.14. The van der Waals surface area contributed by atoms with Crippen LogP contribution in [-0.2, 0) is 11.2 Å². The first-order chi connectivity index (χ1) is 10.5. The molecule has 0 aliphatic rings. The maximum Gasteiger partial charge on any atom is 0.282 e. The third-order valence-electron chi connectivity index (χ3n) is 2.76. The van der Waals surface area contributed by atoms with Gasteiger partial charge in [-0.2, -0.15) is 0 Å². The third kappa shape index (κ3) is 4.15. The van der Waals surface area contributed by atoms with Crippen molar-refractivity contribution in [3.63, 3.8) is 0 Å². The molecule has 0 saturated heterocycles. The first kappa shape index (κ1) is 16.7. The number of nitrogens with one attached hydrogen (secondary N) is 1. The molecule has 8 nitrogen and oxygen atoms in total. The molecule has 22 heavy (non-hydrogen) atoms. The minimum absolute atomic E-state index is 0.0808. The lowest BCUT2D eigenvalue weighted by atomic mass is 10.2. The number of aromatic amines is 1. The zero-order valence-corrected chi connectivity index (χ0v) is 13.9. The van der Waals surface area contributed by atoms with Crippen LogP contribution in [0.25, 0.3) is 0 Å². The van der Waals surface area contributed by atoms with Crippen LogP contribution in [0.3, 0.4) is 0 Å². The van der Waals surface area contributed by atoms with E-state index >= 15 is 0 Å². The summed E-state index contributed by atoms with van der Waals surface area (Å²) in [6.45, 7) is 2.27. The molecule has 1 N–H and O–H groups in total. The smallest absolute Gasteiger partial charge is 0.282 e. The number of aromatic nitrogens is 3. The van der Waals surface area contributed by atoms with E-state index in [1.54, 1.807) is 23.0 Å².